The fourth-order valence-electron chi connectivity index (χ4n) is 1.96. The topological polar surface area (TPSA) is 78.6 Å². The van der Waals surface area contributed by atoms with Crippen molar-refractivity contribution >= 4 is 27.7 Å². The molecule has 7 heteroatoms. The minimum absolute atomic E-state index is 0.00801. The van der Waals surface area contributed by atoms with Gasteiger partial charge < -0.3 is 14.0 Å². The summed E-state index contributed by atoms with van der Waals surface area (Å²) in [6.45, 7) is 1.78. The summed E-state index contributed by atoms with van der Waals surface area (Å²) in [5, 5.41) is 3.70. The Kier molecular flexibility index (Phi) is 5.92. The molecule has 0 fully saturated rings. The van der Waals surface area contributed by atoms with Gasteiger partial charge in [-0.3, -0.25) is 9.59 Å². The second-order valence-corrected chi connectivity index (χ2v) is 5.78. The van der Waals surface area contributed by atoms with Gasteiger partial charge in [-0.1, -0.05) is 21.1 Å². The Morgan fingerprint density at radius 3 is 2.70 bits per heavy atom. The van der Waals surface area contributed by atoms with E-state index in [0.717, 1.165) is 4.47 Å². The molecule has 0 saturated heterocycles. The van der Waals surface area contributed by atoms with E-state index < -0.39 is 5.97 Å². The summed E-state index contributed by atoms with van der Waals surface area (Å²) in [6, 6.07) is 6.83. The van der Waals surface area contributed by atoms with Crippen molar-refractivity contribution in [1.82, 2.24) is 5.16 Å². The first-order valence-corrected chi connectivity index (χ1v) is 7.73. The van der Waals surface area contributed by atoms with Crippen LogP contribution in [-0.4, -0.2) is 24.0 Å². The number of nitrogens with zero attached hydrogens (tertiary/aromatic N) is 1. The van der Waals surface area contributed by atoms with Gasteiger partial charge in [0.05, 0.1) is 24.8 Å². The van der Waals surface area contributed by atoms with E-state index in [9.17, 15) is 9.59 Å². The van der Waals surface area contributed by atoms with Gasteiger partial charge in [-0.15, -0.1) is 0 Å². The number of carbonyl (C=O) groups is 2. The molecule has 0 N–H and O–H groups in total. The molecule has 0 bridgehead atoms. The van der Waals surface area contributed by atoms with Crippen LogP contribution in [0.1, 0.15) is 34.7 Å². The number of Topliss-reactive ketones (excluding diaryl/α,β-unsaturated/α-hetero) is 1. The fraction of sp³-hybridized carbons (Fsp3) is 0.312. The number of aromatic nitrogens is 1. The van der Waals surface area contributed by atoms with E-state index in [1.807, 2.05) is 0 Å². The van der Waals surface area contributed by atoms with Crippen LogP contribution in [0.3, 0.4) is 0 Å². The number of esters is 1. The van der Waals surface area contributed by atoms with Crippen molar-refractivity contribution in [2.45, 2.75) is 26.4 Å². The molecular weight excluding hydrogens is 366 g/mol. The second-order valence-electron chi connectivity index (χ2n) is 4.86. The Bertz CT molecular complexity index is 710. The Labute approximate surface area is 141 Å². The molecule has 0 radical (unpaired) electrons. The van der Waals surface area contributed by atoms with Gasteiger partial charge in [-0.05, 0) is 25.1 Å². The lowest BCUT2D eigenvalue weighted by atomic mass is 10.1. The maximum Gasteiger partial charge on any atom is 0.306 e. The number of aryl methyl sites for hydroxylation is 1. The predicted octanol–water partition coefficient (Wildman–Crippen LogP) is 3.46. The van der Waals surface area contributed by atoms with Gasteiger partial charge in [0.1, 0.15) is 5.75 Å². The molecule has 0 amide bonds. The number of hydrogen-bond acceptors (Lipinski definition) is 6. The number of ether oxygens (including phenoxy) is 2. The molecule has 23 heavy (non-hydrogen) atoms. The van der Waals surface area contributed by atoms with Crippen LogP contribution in [0, 0.1) is 6.92 Å². The van der Waals surface area contributed by atoms with Gasteiger partial charge in [-0.2, -0.15) is 0 Å². The summed E-state index contributed by atoms with van der Waals surface area (Å²) < 4.78 is 15.9. The monoisotopic (exact) mass is 381 g/mol. The quantitative estimate of drug-likeness (QED) is 0.539. The first kappa shape index (κ1) is 17.2. The Hall–Kier alpha value is -2.15. The molecular formula is C16H16BrNO5. The molecule has 2 rings (SSSR count). The Morgan fingerprint density at radius 2 is 2.04 bits per heavy atom. The molecule has 0 aliphatic heterocycles. The van der Waals surface area contributed by atoms with Gasteiger partial charge in [0, 0.05) is 17.0 Å². The van der Waals surface area contributed by atoms with E-state index in [1.165, 1.54) is 7.11 Å². The highest BCUT2D eigenvalue weighted by atomic mass is 79.9. The summed E-state index contributed by atoms with van der Waals surface area (Å²) in [7, 11) is 1.49. The maximum absolute atomic E-state index is 12.2. The number of methoxy groups -OCH3 is 1. The van der Waals surface area contributed by atoms with E-state index >= 15 is 0 Å². The summed E-state index contributed by atoms with van der Waals surface area (Å²) in [5.74, 6) is 0.288. The second kappa shape index (κ2) is 7.92. The lowest BCUT2D eigenvalue weighted by Gasteiger charge is -2.08. The minimum atomic E-state index is -0.471. The van der Waals surface area contributed by atoms with Crippen molar-refractivity contribution in [3.8, 4) is 5.75 Å². The van der Waals surface area contributed by atoms with Crippen LogP contribution in [0.2, 0.25) is 0 Å². The summed E-state index contributed by atoms with van der Waals surface area (Å²) in [6.07, 6.45) is 0.0305. The van der Waals surface area contributed by atoms with E-state index in [0.29, 0.717) is 22.8 Å². The number of carbonyl (C=O) groups excluding carboxylic acids is 2. The van der Waals surface area contributed by atoms with Crippen molar-refractivity contribution in [1.29, 1.82) is 0 Å². The van der Waals surface area contributed by atoms with Crippen LogP contribution >= 0.6 is 15.9 Å². The van der Waals surface area contributed by atoms with Crippen LogP contribution < -0.4 is 4.74 Å². The molecule has 0 spiro atoms. The fourth-order valence-corrected chi connectivity index (χ4v) is 2.32. The smallest absolute Gasteiger partial charge is 0.306 e. The zero-order chi connectivity index (χ0) is 16.8. The molecule has 2 aromatic rings. The molecule has 122 valence electrons. The van der Waals surface area contributed by atoms with Gasteiger partial charge >= 0.3 is 5.97 Å². The zero-order valence-corrected chi connectivity index (χ0v) is 14.4. The highest BCUT2D eigenvalue weighted by Gasteiger charge is 2.15. The SMILES string of the molecule is COc1ccc(Br)cc1C(=O)CCC(=O)OCc1cc(C)no1. The Morgan fingerprint density at radius 1 is 1.26 bits per heavy atom. The number of rotatable bonds is 7. The van der Waals surface area contributed by atoms with E-state index in [-0.39, 0.29) is 25.2 Å². The Balaban J connectivity index is 1.86. The number of ketones is 1. The highest BCUT2D eigenvalue weighted by molar-refractivity contribution is 9.10. The first-order valence-electron chi connectivity index (χ1n) is 6.94. The van der Waals surface area contributed by atoms with Crippen LogP contribution in [0.5, 0.6) is 5.75 Å². The lowest BCUT2D eigenvalue weighted by molar-refractivity contribution is -0.145. The maximum atomic E-state index is 12.2. The molecule has 0 aliphatic carbocycles. The summed E-state index contributed by atoms with van der Waals surface area (Å²) >= 11 is 3.31. The first-order chi connectivity index (χ1) is 11.0. The molecule has 0 saturated carbocycles. The third-order valence-electron chi connectivity index (χ3n) is 3.07. The molecule has 0 aliphatic rings. The van der Waals surface area contributed by atoms with Gasteiger partial charge in [0.25, 0.3) is 0 Å². The summed E-state index contributed by atoms with van der Waals surface area (Å²) in [4.78, 5) is 23.9. The van der Waals surface area contributed by atoms with E-state index in [2.05, 4.69) is 21.1 Å². The van der Waals surface area contributed by atoms with Crippen LogP contribution in [0.4, 0.5) is 0 Å². The minimum Gasteiger partial charge on any atom is -0.496 e. The number of hydrogen-bond donors (Lipinski definition) is 0. The van der Waals surface area contributed by atoms with Gasteiger partial charge in [0.15, 0.2) is 18.2 Å². The van der Waals surface area contributed by atoms with Crippen molar-refractivity contribution < 1.29 is 23.6 Å². The standard InChI is InChI=1S/C16H16BrNO5/c1-10-7-12(23-18-10)9-22-16(20)6-4-14(19)13-8-11(17)3-5-15(13)21-2/h3,5,7-8H,4,6,9H2,1-2H3. The number of benzene rings is 1. The van der Waals surface area contributed by atoms with Crippen molar-refractivity contribution in [3.05, 3.63) is 45.8 Å². The molecule has 1 aromatic heterocycles. The third kappa shape index (κ3) is 4.92. The molecule has 1 heterocycles. The molecule has 6 nitrogen and oxygen atoms in total. The van der Waals surface area contributed by atoms with Crippen molar-refractivity contribution in [3.63, 3.8) is 0 Å². The van der Waals surface area contributed by atoms with Gasteiger partial charge in [0.2, 0.25) is 0 Å². The largest absolute Gasteiger partial charge is 0.496 e. The lowest BCUT2D eigenvalue weighted by Crippen LogP contribution is -2.09. The molecule has 0 unspecified atom stereocenters. The van der Waals surface area contributed by atoms with Crippen molar-refractivity contribution in [2.75, 3.05) is 7.11 Å². The van der Waals surface area contributed by atoms with Crippen LogP contribution in [0.25, 0.3) is 0 Å². The average molecular weight is 382 g/mol. The molecule has 0 atom stereocenters. The van der Waals surface area contributed by atoms with Crippen LogP contribution in [-0.2, 0) is 16.1 Å². The van der Waals surface area contributed by atoms with Crippen LogP contribution in [0.15, 0.2) is 33.3 Å². The normalized spacial score (nSPS) is 10.4. The van der Waals surface area contributed by atoms with E-state index in [1.54, 1.807) is 31.2 Å². The van der Waals surface area contributed by atoms with E-state index in [4.69, 9.17) is 14.0 Å². The molecule has 1 aromatic carbocycles. The highest BCUT2D eigenvalue weighted by Crippen LogP contribution is 2.24. The number of halogens is 1. The average Bonchev–Trinajstić information content (AvgIpc) is 2.96. The third-order valence-corrected chi connectivity index (χ3v) is 3.56. The zero-order valence-electron chi connectivity index (χ0n) is 12.8. The predicted molar refractivity (Wildman–Crippen MR) is 85.3 cm³/mol. The summed E-state index contributed by atoms with van der Waals surface area (Å²) in [5.41, 5.74) is 1.15. The van der Waals surface area contributed by atoms with Crippen molar-refractivity contribution in [2.24, 2.45) is 0 Å². The van der Waals surface area contributed by atoms with Gasteiger partial charge in [-0.25, -0.2) is 0 Å².